The fraction of sp³-hybridized carbons (Fsp3) is 0.333. The van der Waals surface area contributed by atoms with Crippen molar-refractivity contribution in [3.8, 4) is 11.5 Å². The molecule has 3 aromatic rings. The Morgan fingerprint density at radius 1 is 0.962 bits per heavy atom. The zero-order valence-electron chi connectivity index (χ0n) is 16.0. The first-order chi connectivity index (χ1) is 12.6. The second-order valence-corrected chi connectivity index (χ2v) is 6.19. The number of rotatable bonds is 6. The summed E-state index contributed by atoms with van der Waals surface area (Å²) in [6.45, 7) is 6.24. The summed E-state index contributed by atoms with van der Waals surface area (Å²) < 4.78 is 11.0. The van der Waals surface area contributed by atoms with Crippen LogP contribution in [0.2, 0.25) is 0 Å². The lowest BCUT2D eigenvalue weighted by Crippen LogP contribution is -2.02. The van der Waals surface area contributed by atoms with Gasteiger partial charge in [0.2, 0.25) is 5.95 Å². The smallest absolute Gasteiger partial charge is 0.228 e. The van der Waals surface area contributed by atoms with Crippen LogP contribution in [0, 0.1) is 6.92 Å². The molecule has 136 valence electrons. The van der Waals surface area contributed by atoms with E-state index in [1.807, 2.05) is 19.1 Å². The summed E-state index contributed by atoms with van der Waals surface area (Å²) in [5.41, 5.74) is 5.12. The number of aryl methyl sites for hydroxylation is 3. The van der Waals surface area contributed by atoms with Gasteiger partial charge in [0.15, 0.2) is 11.5 Å². The van der Waals surface area contributed by atoms with Crippen LogP contribution in [0.25, 0.3) is 10.9 Å². The Hall–Kier alpha value is -2.82. The van der Waals surface area contributed by atoms with E-state index >= 15 is 0 Å². The zero-order chi connectivity index (χ0) is 18.7. The molecule has 0 bridgehead atoms. The maximum atomic E-state index is 5.48. The number of methoxy groups -OCH3 is 2. The Morgan fingerprint density at radius 3 is 2.42 bits per heavy atom. The molecule has 0 saturated carbocycles. The van der Waals surface area contributed by atoms with Gasteiger partial charge in [0.1, 0.15) is 0 Å². The van der Waals surface area contributed by atoms with Crippen LogP contribution < -0.4 is 14.8 Å². The van der Waals surface area contributed by atoms with E-state index in [4.69, 9.17) is 14.5 Å². The fourth-order valence-corrected chi connectivity index (χ4v) is 3.12. The van der Waals surface area contributed by atoms with E-state index in [1.54, 1.807) is 14.2 Å². The molecule has 5 nitrogen and oxygen atoms in total. The molecule has 0 aliphatic heterocycles. The van der Waals surface area contributed by atoms with Gasteiger partial charge in [-0.05, 0) is 43.0 Å². The molecule has 1 heterocycles. The number of hydrogen-bond acceptors (Lipinski definition) is 5. The Labute approximate surface area is 154 Å². The molecule has 1 aromatic heterocycles. The SMILES string of the molecule is CCc1ccc2c(C)nc(Nc3cc(CC)c(OC)c(OC)c3)nc2c1. The summed E-state index contributed by atoms with van der Waals surface area (Å²) in [4.78, 5) is 9.31. The molecule has 0 spiro atoms. The molecule has 3 rings (SSSR count). The summed E-state index contributed by atoms with van der Waals surface area (Å²) in [7, 11) is 3.30. The van der Waals surface area contributed by atoms with Crippen molar-refractivity contribution in [3.05, 3.63) is 47.2 Å². The topological polar surface area (TPSA) is 56.3 Å². The van der Waals surface area contributed by atoms with Gasteiger partial charge in [0.25, 0.3) is 0 Å². The molecular formula is C21H25N3O2. The number of ether oxygens (including phenoxy) is 2. The van der Waals surface area contributed by atoms with Crippen molar-refractivity contribution >= 4 is 22.5 Å². The highest BCUT2D eigenvalue weighted by Crippen LogP contribution is 2.35. The molecule has 0 radical (unpaired) electrons. The van der Waals surface area contributed by atoms with Crippen molar-refractivity contribution in [2.24, 2.45) is 0 Å². The van der Waals surface area contributed by atoms with Crippen LogP contribution in [0.5, 0.6) is 11.5 Å². The zero-order valence-corrected chi connectivity index (χ0v) is 16.0. The van der Waals surface area contributed by atoms with Crippen LogP contribution in [0.1, 0.15) is 30.7 Å². The average molecular weight is 351 g/mol. The second-order valence-electron chi connectivity index (χ2n) is 6.19. The summed E-state index contributed by atoms with van der Waals surface area (Å²) in [5, 5.41) is 4.40. The summed E-state index contributed by atoms with van der Waals surface area (Å²) in [6.07, 6.45) is 1.82. The van der Waals surface area contributed by atoms with E-state index in [1.165, 1.54) is 5.56 Å². The van der Waals surface area contributed by atoms with Gasteiger partial charge in [-0.2, -0.15) is 0 Å². The van der Waals surface area contributed by atoms with Gasteiger partial charge in [-0.15, -0.1) is 0 Å². The highest BCUT2D eigenvalue weighted by molar-refractivity contribution is 5.83. The van der Waals surface area contributed by atoms with Gasteiger partial charge in [0, 0.05) is 17.1 Å². The van der Waals surface area contributed by atoms with Gasteiger partial charge >= 0.3 is 0 Å². The lowest BCUT2D eigenvalue weighted by Gasteiger charge is -2.15. The fourth-order valence-electron chi connectivity index (χ4n) is 3.12. The van der Waals surface area contributed by atoms with Crippen LogP contribution in [0.4, 0.5) is 11.6 Å². The second kappa shape index (κ2) is 7.60. The Kier molecular flexibility index (Phi) is 5.26. The van der Waals surface area contributed by atoms with E-state index in [0.29, 0.717) is 11.7 Å². The minimum atomic E-state index is 0.581. The summed E-state index contributed by atoms with van der Waals surface area (Å²) in [5.74, 6) is 2.04. The van der Waals surface area contributed by atoms with Gasteiger partial charge in [-0.3, -0.25) is 0 Å². The van der Waals surface area contributed by atoms with Crippen molar-refractivity contribution in [2.45, 2.75) is 33.6 Å². The van der Waals surface area contributed by atoms with Crippen molar-refractivity contribution in [1.82, 2.24) is 9.97 Å². The number of aromatic nitrogens is 2. The van der Waals surface area contributed by atoms with E-state index in [2.05, 4.69) is 42.3 Å². The molecule has 2 aromatic carbocycles. The van der Waals surface area contributed by atoms with Crippen LogP contribution in [0.15, 0.2) is 30.3 Å². The minimum Gasteiger partial charge on any atom is -0.493 e. The number of nitrogens with zero attached hydrogens (tertiary/aromatic N) is 2. The Balaban J connectivity index is 2.03. The largest absolute Gasteiger partial charge is 0.493 e. The van der Waals surface area contributed by atoms with Crippen molar-refractivity contribution in [3.63, 3.8) is 0 Å². The standard InChI is InChI=1S/C21H25N3O2/c1-6-14-8-9-17-13(3)22-21(24-18(17)10-14)23-16-11-15(7-2)20(26-5)19(12-16)25-4/h8-12H,6-7H2,1-5H3,(H,22,23,24). The van der Waals surface area contributed by atoms with Gasteiger partial charge in [-0.1, -0.05) is 26.0 Å². The lowest BCUT2D eigenvalue weighted by atomic mass is 10.1. The summed E-state index contributed by atoms with van der Waals surface area (Å²) >= 11 is 0. The first kappa shape index (κ1) is 18.0. The highest BCUT2D eigenvalue weighted by atomic mass is 16.5. The molecule has 0 saturated heterocycles. The van der Waals surface area contributed by atoms with Gasteiger partial charge in [0.05, 0.1) is 25.4 Å². The maximum absolute atomic E-state index is 5.48. The molecule has 26 heavy (non-hydrogen) atoms. The van der Waals surface area contributed by atoms with Gasteiger partial charge < -0.3 is 14.8 Å². The first-order valence-electron chi connectivity index (χ1n) is 8.88. The average Bonchev–Trinajstić information content (AvgIpc) is 2.66. The number of anilines is 2. The van der Waals surface area contributed by atoms with E-state index < -0.39 is 0 Å². The van der Waals surface area contributed by atoms with E-state index in [9.17, 15) is 0 Å². The molecule has 0 aliphatic carbocycles. The summed E-state index contributed by atoms with van der Waals surface area (Å²) in [6, 6.07) is 10.3. The molecule has 0 amide bonds. The minimum absolute atomic E-state index is 0.581. The van der Waals surface area contributed by atoms with E-state index in [0.717, 1.165) is 46.4 Å². The quantitative estimate of drug-likeness (QED) is 0.690. The van der Waals surface area contributed by atoms with Crippen LogP contribution >= 0.6 is 0 Å². The number of nitrogens with one attached hydrogen (secondary N) is 1. The third-order valence-corrected chi connectivity index (χ3v) is 4.55. The van der Waals surface area contributed by atoms with Gasteiger partial charge in [-0.25, -0.2) is 9.97 Å². The van der Waals surface area contributed by atoms with Crippen molar-refractivity contribution in [2.75, 3.05) is 19.5 Å². The van der Waals surface area contributed by atoms with Crippen LogP contribution in [0.3, 0.4) is 0 Å². The third-order valence-electron chi connectivity index (χ3n) is 4.55. The molecule has 0 aliphatic rings. The number of fused-ring (bicyclic) bond motifs is 1. The predicted molar refractivity (Wildman–Crippen MR) is 106 cm³/mol. The Morgan fingerprint density at radius 2 is 1.77 bits per heavy atom. The maximum Gasteiger partial charge on any atom is 0.228 e. The van der Waals surface area contributed by atoms with Crippen molar-refractivity contribution in [1.29, 1.82) is 0 Å². The number of hydrogen-bond donors (Lipinski definition) is 1. The van der Waals surface area contributed by atoms with Crippen molar-refractivity contribution < 1.29 is 9.47 Å². The molecule has 0 atom stereocenters. The Bertz CT molecular complexity index is 913. The van der Waals surface area contributed by atoms with E-state index in [-0.39, 0.29) is 0 Å². The molecule has 0 unspecified atom stereocenters. The normalized spacial score (nSPS) is 10.8. The molecule has 0 fully saturated rings. The monoisotopic (exact) mass is 351 g/mol. The molecule has 1 N–H and O–H groups in total. The predicted octanol–water partition coefficient (Wildman–Crippen LogP) is 4.82. The highest BCUT2D eigenvalue weighted by Gasteiger charge is 2.13. The van der Waals surface area contributed by atoms with Crippen LogP contribution in [-0.4, -0.2) is 24.2 Å². The first-order valence-corrected chi connectivity index (χ1v) is 8.88. The third kappa shape index (κ3) is 3.43. The lowest BCUT2D eigenvalue weighted by molar-refractivity contribution is 0.352. The molecular weight excluding hydrogens is 326 g/mol. The number of benzene rings is 2. The van der Waals surface area contributed by atoms with Crippen LogP contribution in [-0.2, 0) is 12.8 Å². The molecule has 5 heteroatoms.